The van der Waals surface area contributed by atoms with Gasteiger partial charge in [-0.05, 0) is 37.5 Å². The van der Waals surface area contributed by atoms with Crippen LogP contribution in [0.2, 0.25) is 0 Å². The van der Waals surface area contributed by atoms with Crippen molar-refractivity contribution >= 4 is 16.8 Å². The van der Waals surface area contributed by atoms with E-state index < -0.39 is 0 Å². The Balaban J connectivity index is 1.50. The molecule has 1 unspecified atom stereocenters. The van der Waals surface area contributed by atoms with Gasteiger partial charge in [0, 0.05) is 30.4 Å². The molecule has 1 aromatic carbocycles. The fraction of sp³-hybridized carbons (Fsp3) is 0.217. The summed E-state index contributed by atoms with van der Waals surface area (Å²) in [5.74, 6) is 0.319. The standard InChI is InChI=1S/C23H20N6O2/c30-21-12-20(18-8-9-24-14-26-18)27-22-19(7-3-4-10-29(21)22)28-23(31)16-11-15-5-1-2-6-17(15)25-13-16/h1-2,5-6,8-9,11-14,19H,3-4,7,10H2,(H,28,31). The van der Waals surface area contributed by atoms with Crippen LogP contribution in [-0.2, 0) is 6.54 Å². The molecule has 8 nitrogen and oxygen atoms in total. The van der Waals surface area contributed by atoms with E-state index in [2.05, 4.69) is 20.3 Å². The lowest BCUT2D eigenvalue weighted by Gasteiger charge is -2.19. The molecule has 0 bridgehead atoms. The van der Waals surface area contributed by atoms with Gasteiger partial charge < -0.3 is 5.32 Å². The van der Waals surface area contributed by atoms with E-state index in [0.29, 0.717) is 35.7 Å². The minimum atomic E-state index is -0.379. The number of rotatable bonds is 3. The molecule has 154 valence electrons. The Morgan fingerprint density at radius 1 is 1.06 bits per heavy atom. The summed E-state index contributed by atoms with van der Waals surface area (Å²) in [5.41, 5.74) is 2.22. The number of carbonyl (C=O) groups excluding carboxylic acids is 1. The topological polar surface area (TPSA) is 103 Å². The van der Waals surface area contributed by atoms with Crippen LogP contribution in [0.1, 0.15) is 41.5 Å². The predicted molar refractivity (Wildman–Crippen MR) is 115 cm³/mol. The quantitative estimate of drug-likeness (QED) is 0.555. The van der Waals surface area contributed by atoms with Crippen molar-refractivity contribution in [2.24, 2.45) is 0 Å². The second-order valence-electron chi connectivity index (χ2n) is 7.52. The maximum absolute atomic E-state index is 13.0. The summed E-state index contributed by atoms with van der Waals surface area (Å²) >= 11 is 0. The minimum Gasteiger partial charge on any atom is -0.342 e. The molecule has 1 N–H and O–H groups in total. The third-order valence-corrected chi connectivity index (χ3v) is 5.48. The molecule has 8 heteroatoms. The van der Waals surface area contributed by atoms with Gasteiger partial charge in [-0.1, -0.05) is 18.2 Å². The normalized spacial score (nSPS) is 15.8. The van der Waals surface area contributed by atoms with Gasteiger partial charge >= 0.3 is 0 Å². The third-order valence-electron chi connectivity index (χ3n) is 5.48. The zero-order chi connectivity index (χ0) is 21.2. The number of fused-ring (bicyclic) bond motifs is 2. The number of nitrogens with zero attached hydrogens (tertiary/aromatic N) is 5. The molecule has 1 atom stereocenters. The Morgan fingerprint density at radius 2 is 1.97 bits per heavy atom. The summed E-state index contributed by atoms with van der Waals surface area (Å²) in [6.07, 6.45) is 7.04. The van der Waals surface area contributed by atoms with Crippen molar-refractivity contribution in [3.63, 3.8) is 0 Å². The Bertz CT molecular complexity index is 1320. The lowest BCUT2D eigenvalue weighted by Crippen LogP contribution is -2.34. The van der Waals surface area contributed by atoms with Crippen LogP contribution in [0.4, 0.5) is 0 Å². The Morgan fingerprint density at radius 3 is 2.84 bits per heavy atom. The lowest BCUT2D eigenvalue weighted by atomic mass is 10.1. The van der Waals surface area contributed by atoms with Crippen molar-refractivity contribution in [1.82, 2.24) is 29.8 Å². The second-order valence-corrected chi connectivity index (χ2v) is 7.52. The molecule has 31 heavy (non-hydrogen) atoms. The maximum atomic E-state index is 13.0. The fourth-order valence-electron chi connectivity index (χ4n) is 3.91. The number of hydrogen-bond donors (Lipinski definition) is 1. The number of carbonyl (C=O) groups is 1. The zero-order valence-electron chi connectivity index (χ0n) is 16.7. The van der Waals surface area contributed by atoms with Gasteiger partial charge in [0.05, 0.1) is 28.5 Å². The molecule has 1 aliphatic heterocycles. The van der Waals surface area contributed by atoms with Gasteiger partial charge in [-0.25, -0.2) is 15.0 Å². The van der Waals surface area contributed by atoms with Gasteiger partial charge in [-0.2, -0.15) is 0 Å². The van der Waals surface area contributed by atoms with Crippen LogP contribution < -0.4 is 10.9 Å². The summed E-state index contributed by atoms with van der Waals surface area (Å²) in [5, 5.41) is 3.97. The molecular weight excluding hydrogens is 392 g/mol. The summed E-state index contributed by atoms with van der Waals surface area (Å²) in [6, 6.07) is 12.3. The SMILES string of the molecule is O=C(NC1CCCCn2c1nc(-c1ccncn1)cc2=O)c1cnc2ccccc2c1. The van der Waals surface area contributed by atoms with E-state index in [1.165, 1.54) is 12.4 Å². The van der Waals surface area contributed by atoms with Crippen molar-refractivity contribution in [1.29, 1.82) is 0 Å². The summed E-state index contributed by atoms with van der Waals surface area (Å²) in [4.78, 5) is 43.1. The molecule has 0 radical (unpaired) electrons. The summed E-state index contributed by atoms with van der Waals surface area (Å²) < 4.78 is 1.65. The fourth-order valence-corrected chi connectivity index (χ4v) is 3.91. The largest absolute Gasteiger partial charge is 0.342 e. The van der Waals surface area contributed by atoms with E-state index in [-0.39, 0.29) is 17.5 Å². The van der Waals surface area contributed by atoms with Gasteiger partial charge in [0.1, 0.15) is 12.2 Å². The van der Waals surface area contributed by atoms with Gasteiger partial charge in [0.25, 0.3) is 11.5 Å². The molecule has 0 fully saturated rings. The first-order valence-electron chi connectivity index (χ1n) is 10.2. The number of benzene rings is 1. The minimum absolute atomic E-state index is 0.146. The van der Waals surface area contributed by atoms with Crippen LogP contribution in [0.5, 0.6) is 0 Å². The highest BCUT2D eigenvalue weighted by atomic mass is 16.2. The number of amides is 1. The molecule has 1 aliphatic rings. The van der Waals surface area contributed by atoms with Crippen LogP contribution in [0.3, 0.4) is 0 Å². The molecule has 4 aromatic rings. The van der Waals surface area contributed by atoms with Crippen LogP contribution >= 0.6 is 0 Å². The maximum Gasteiger partial charge on any atom is 0.254 e. The van der Waals surface area contributed by atoms with Crippen LogP contribution in [0.15, 0.2) is 66.0 Å². The molecule has 1 amide bonds. The first-order chi connectivity index (χ1) is 15.2. The molecule has 3 aromatic heterocycles. The predicted octanol–water partition coefficient (Wildman–Crippen LogP) is 2.90. The van der Waals surface area contributed by atoms with Gasteiger partial charge in [-0.15, -0.1) is 0 Å². The molecular formula is C23H20N6O2. The third kappa shape index (κ3) is 3.79. The molecule has 0 aliphatic carbocycles. The van der Waals surface area contributed by atoms with E-state index >= 15 is 0 Å². The van der Waals surface area contributed by atoms with Crippen LogP contribution in [0, 0.1) is 0 Å². The Kier molecular flexibility index (Phi) is 4.95. The van der Waals surface area contributed by atoms with Crippen molar-refractivity contribution in [3.8, 4) is 11.4 Å². The second kappa shape index (κ2) is 8.06. The number of pyridine rings is 1. The van der Waals surface area contributed by atoms with E-state index in [0.717, 1.165) is 23.7 Å². The van der Waals surface area contributed by atoms with Gasteiger partial charge in [0.2, 0.25) is 0 Å². The van der Waals surface area contributed by atoms with Crippen molar-refractivity contribution in [3.05, 3.63) is 82.9 Å². The lowest BCUT2D eigenvalue weighted by molar-refractivity contribution is 0.0932. The van der Waals surface area contributed by atoms with Gasteiger partial charge in [0.15, 0.2) is 0 Å². The smallest absolute Gasteiger partial charge is 0.254 e. The van der Waals surface area contributed by atoms with E-state index in [1.807, 2.05) is 30.3 Å². The number of hydrogen-bond acceptors (Lipinski definition) is 6. The number of nitrogens with one attached hydrogen (secondary N) is 1. The summed E-state index contributed by atoms with van der Waals surface area (Å²) in [7, 11) is 0. The number of aromatic nitrogens is 5. The average Bonchev–Trinajstić information content (AvgIpc) is 3.02. The van der Waals surface area contributed by atoms with Crippen LogP contribution in [-0.4, -0.2) is 30.4 Å². The average molecular weight is 412 g/mol. The highest BCUT2D eigenvalue weighted by Gasteiger charge is 2.24. The molecule has 0 saturated heterocycles. The van der Waals surface area contributed by atoms with Crippen molar-refractivity contribution < 1.29 is 4.79 Å². The molecule has 4 heterocycles. The zero-order valence-corrected chi connectivity index (χ0v) is 16.7. The first-order valence-corrected chi connectivity index (χ1v) is 10.2. The molecule has 5 rings (SSSR count). The first kappa shape index (κ1) is 19.0. The van der Waals surface area contributed by atoms with Crippen molar-refractivity contribution in [2.45, 2.75) is 31.8 Å². The van der Waals surface area contributed by atoms with Crippen LogP contribution in [0.25, 0.3) is 22.3 Å². The van der Waals surface area contributed by atoms with E-state index in [1.54, 1.807) is 23.0 Å². The molecule has 0 saturated carbocycles. The van der Waals surface area contributed by atoms with Gasteiger partial charge in [-0.3, -0.25) is 19.1 Å². The highest BCUT2D eigenvalue weighted by molar-refractivity contribution is 5.97. The Labute approximate surface area is 178 Å². The van der Waals surface area contributed by atoms with Crippen molar-refractivity contribution in [2.75, 3.05) is 0 Å². The van der Waals surface area contributed by atoms with E-state index in [4.69, 9.17) is 4.98 Å². The summed E-state index contributed by atoms with van der Waals surface area (Å²) in [6.45, 7) is 0.578. The Hall–Kier alpha value is -3.94. The number of para-hydroxylation sites is 1. The molecule has 0 spiro atoms. The monoisotopic (exact) mass is 412 g/mol. The highest BCUT2D eigenvalue weighted by Crippen LogP contribution is 2.24. The van der Waals surface area contributed by atoms with E-state index in [9.17, 15) is 9.59 Å².